The molecule has 0 atom stereocenters. The van der Waals surface area contributed by atoms with E-state index in [-0.39, 0.29) is 12.1 Å². The van der Waals surface area contributed by atoms with Gasteiger partial charge in [-0.1, -0.05) is 30.3 Å². The number of halogens is 3. The Hall–Kier alpha value is -1.86. The molecule has 1 heterocycles. The molecule has 0 aliphatic heterocycles. The predicted octanol–water partition coefficient (Wildman–Crippen LogP) is 2.44. The largest absolute Gasteiger partial charge is 0.433 e. The molecule has 2 N–H and O–H groups in total. The average molecular weight is 326 g/mol. The van der Waals surface area contributed by atoms with Crippen LogP contribution in [0.25, 0.3) is 0 Å². The number of rotatable bonds is 7. The lowest BCUT2D eigenvalue weighted by atomic mass is 10.1. The fraction of sp³-hybridized carbons (Fsp3) is 0.438. The molecular weight excluding hydrogens is 305 g/mol. The van der Waals surface area contributed by atoms with Gasteiger partial charge >= 0.3 is 6.18 Å². The zero-order valence-corrected chi connectivity index (χ0v) is 13.1. The lowest BCUT2D eigenvalue weighted by Crippen LogP contribution is -2.31. The monoisotopic (exact) mass is 326 g/mol. The molecule has 0 fully saturated rings. The van der Waals surface area contributed by atoms with Crippen molar-refractivity contribution in [2.75, 3.05) is 19.6 Å². The molecule has 0 amide bonds. The summed E-state index contributed by atoms with van der Waals surface area (Å²) < 4.78 is 40.3. The van der Waals surface area contributed by atoms with Crippen LogP contribution in [-0.2, 0) is 26.2 Å². The van der Waals surface area contributed by atoms with Crippen molar-refractivity contribution in [1.29, 1.82) is 0 Å². The SMILES string of the molecule is Cn1ncc(CN(CCN)CCc2ccccc2)c1C(F)(F)F. The first-order valence-corrected chi connectivity index (χ1v) is 7.46. The molecule has 0 radical (unpaired) electrons. The summed E-state index contributed by atoms with van der Waals surface area (Å²) >= 11 is 0. The van der Waals surface area contributed by atoms with Crippen molar-refractivity contribution >= 4 is 0 Å². The van der Waals surface area contributed by atoms with Crippen LogP contribution in [-0.4, -0.2) is 34.3 Å². The average Bonchev–Trinajstić information content (AvgIpc) is 2.87. The fourth-order valence-electron chi connectivity index (χ4n) is 2.59. The Morgan fingerprint density at radius 1 is 1.17 bits per heavy atom. The van der Waals surface area contributed by atoms with Gasteiger partial charge in [-0.25, -0.2) is 0 Å². The van der Waals surface area contributed by atoms with E-state index in [4.69, 9.17) is 5.73 Å². The molecule has 0 bridgehead atoms. The summed E-state index contributed by atoms with van der Waals surface area (Å²) in [7, 11) is 1.31. The number of nitrogens with zero attached hydrogens (tertiary/aromatic N) is 3. The van der Waals surface area contributed by atoms with Crippen LogP contribution in [0.4, 0.5) is 13.2 Å². The molecule has 4 nitrogen and oxygen atoms in total. The highest BCUT2D eigenvalue weighted by Gasteiger charge is 2.37. The second kappa shape index (κ2) is 7.61. The zero-order chi connectivity index (χ0) is 16.9. The Labute approximate surface area is 133 Å². The van der Waals surface area contributed by atoms with E-state index in [0.29, 0.717) is 19.6 Å². The van der Waals surface area contributed by atoms with E-state index in [9.17, 15) is 13.2 Å². The van der Waals surface area contributed by atoms with Gasteiger partial charge in [0.25, 0.3) is 0 Å². The van der Waals surface area contributed by atoms with Crippen LogP contribution in [0.2, 0.25) is 0 Å². The van der Waals surface area contributed by atoms with Crippen LogP contribution in [0, 0.1) is 0 Å². The van der Waals surface area contributed by atoms with Crippen molar-refractivity contribution in [2.45, 2.75) is 19.1 Å². The molecule has 0 spiro atoms. The molecule has 0 aliphatic carbocycles. The molecular formula is C16H21F3N4. The molecule has 1 aromatic carbocycles. The molecule has 2 aromatic rings. The maximum atomic E-state index is 13.1. The number of aryl methyl sites for hydroxylation is 1. The summed E-state index contributed by atoms with van der Waals surface area (Å²) in [6.07, 6.45) is -2.36. The van der Waals surface area contributed by atoms with Crippen molar-refractivity contribution in [1.82, 2.24) is 14.7 Å². The van der Waals surface area contributed by atoms with Gasteiger partial charge in [-0.05, 0) is 12.0 Å². The van der Waals surface area contributed by atoms with Gasteiger partial charge in [0.2, 0.25) is 0 Å². The number of aromatic nitrogens is 2. The minimum Gasteiger partial charge on any atom is -0.329 e. The molecule has 1 aromatic heterocycles. The number of hydrogen-bond acceptors (Lipinski definition) is 3. The van der Waals surface area contributed by atoms with E-state index in [1.807, 2.05) is 35.2 Å². The quantitative estimate of drug-likeness (QED) is 0.850. The van der Waals surface area contributed by atoms with Gasteiger partial charge in [0.1, 0.15) is 5.69 Å². The van der Waals surface area contributed by atoms with E-state index in [1.165, 1.54) is 13.2 Å². The van der Waals surface area contributed by atoms with Crippen molar-refractivity contribution in [2.24, 2.45) is 12.8 Å². The topological polar surface area (TPSA) is 47.1 Å². The Bertz CT molecular complexity index is 608. The second-order valence-corrected chi connectivity index (χ2v) is 5.44. The summed E-state index contributed by atoms with van der Waals surface area (Å²) in [6, 6.07) is 9.85. The molecule has 0 aliphatic rings. The Morgan fingerprint density at radius 2 is 1.87 bits per heavy atom. The van der Waals surface area contributed by atoms with Gasteiger partial charge in [-0.3, -0.25) is 9.58 Å². The van der Waals surface area contributed by atoms with Gasteiger partial charge in [0.05, 0.1) is 6.20 Å². The zero-order valence-electron chi connectivity index (χ0n) is 13.1. The first kappa shape index (κ1) is 17.5. The summed E-state index contributed by atoms with van der Waals surface area (Å²) in [5, 5.41) is 3.75. The van der Waals surface area contributed by atoms with Gasteiger partial charge in [0.15, 0.2) is 0 Å². The number of hydrogen-bond donors (Lipinski definition) is 1. The highest BCUT2D eigenvalue weighted by atomic mass is 19.4. The first-order valence-electron chi connectivity index (χ1n) is 7.46. The Kier molecular flexibility index (Phi) is 5.79. The minimum absolute atomic E-state index is 0.182. The smallest absolute Gasteiger partial charge is 0.329 e. The Balaban J connectivity index is 2.08. The summed E-state index contributed by atoms with van der Waals surface area (Å²) in [6.45, 7) is 1.77. The maximum absolute atomic E-state index is 13.1. The highest BCUT2D eigenvalue weighted by molar-refractivity contribution is 5.21. The van der Waals surface area contributed by atoms with Crippen molar-refractivity contribution in [3.63, 3.8) is 0 Å². The van der Waals surface area contributed by atoms with Crippen LogP contribution >= 0.6 is 0 Å². The van der Waals surface area contributed by atoms with Gasteiger partial charge in [-0.2, -0.15) is 18.3 Å². The number of benzene rings is 1. The second-order valence-electron chi connectivity index (χ2n) is 5.44. The van der Waals surface area contributed by atoms with Crippen LogP contribution in [0.5, 0.6) is 0 Å². The molecule has 0 saturated carbocycles. The van der Waals surface area contributed by atoms with Gasteiger partial charge in [0, 0.05) is 38.8 Å². The van der Waals surface area contributed by atoms with Crippen LogP contribution in [0.15, 0.2) is 36.5 Å². The molecule has 126 valence electrons. The third-order valence-corrected chi connectivity index (χ3v) is 3.68. The summed E-state index contributed by atoms with van der Waals surface area (Å²) in [5.41, 5.74) is 6.23. The third kappa shape index (κ3) is 4.80. The van der Waals surface area contributed by atoms with Gasteiger partial charge < -0.3 is 5.73 Å². The maximum Gasteiger partial charge on any atom is 0.433 e. The van der Waals surface area contributed by atoms with Crippen molar-refractivity contribution < 1.29 is 13.2 Å². The first-order chi connectivity index (χ1) is 10.9. The normalized spacial score (nSPS) is 12.1. The molecule has 7 heteroatoms. The minimum atomic E-state index is -4.41. The van der Waals surface area contributed by atoms with Gasteiger partial charge in [-0.15, -0.1) is 0 Å². The van der Waals surface area contributed by atoms with E-state index in [0.717, 1.165) is 16.7 Å². The highest BCUT2D eigenvalue weighted by Crippen LogP contribution is 2.32. The lowest BCUT2D eigenvalue weighted by molar-refractivity contribution is -0.144. The van der Waals surface area contributed by atoms with E-state index in [1.54, 1.807) is 0 Å². The van der Waals surface area contributed by atoms with E-state index < -0.39 is 11.9 Å². The van der Waals surface area contributed by atoms with Crippen LogP contribution in [0.3, 0.4) is 0 Å². The van der Waals surface area contributed by atoms with Crippen molar-refractivity contribution in [3.8, 4) is 0 Å². The van der Waals surface area contributed by atoms with Crippen LogP contribution < -0.4 is 5.73 Å². The standard InChI is InChI=1S/C16H21F3N4/c1-22-15(16(17,18)19)14(11-21-22)12-23(10-8-20)9-7-13-5-3-2-4-6-13/h2-6,11H,7-10,12,20H2,1H3. The third-order valence-electron chi connectivity index (χ3n) is 3.68. The van der Waals surface area contributed by atoms with Crippen molar-refractivity contribution in [3.05, 3.63) is 53.3 Å². The number of alkyl halides is 3. The van der Waals surface area contributed by atoms with E-state index >= 15 is 0 Å². The van der Waals surface area contributed by atoms with E-state index in [2.05, 4.69) is 5.10 Å². The molecule has 0 saturated heterocycles. The Morgan fingerprint density at radius 3 is 2.48 bits per heavy atom. The fourth-order valence-corrected chi connectivity index (χ4v) is 2.59. The number of nitrogens with two attached hydrogens (primary N) is 1. The summed E-state index contributed by atoms with van der Waals surface area (Å²) in [5.74, 6) is 0. The van der Waals surface area contributed by atoms with Crippen LogP contribution in [0.1, 0.15) is 16.8 Å². The molecule has 2 rings (SSSR count). The lowest BCUT2D eigenvalue weighted by Gasteiger charge is -2.22. The molecule has 0 unspecified atom stereocenters. The predicted molar refractivity (Wildman–Crippen MR) is 82.7 cm³/mol. The summed E-state index contributed by atoms with van der Waals surface area (Å²) in [4.78, 5) is 1.93. The molecule has 23 heavy (non-hydrogen) atoms.